The molecule has 104 valence electrons. The minimum Gasteiger partial charge on any atom is -0.143 e. The fourth-order valence-electron chi connectivity index (χ4n) is 2.54. The first-order valence-corrected chi connectivity index (χ1v) is 7.56. The van der Waals surface area contributed by atoms with E-state index in [1.165, 1.54) is 33.4 Å². The molecule has 0 fully saturated rings. The van der Waals surface area contributed by atoms with Crippen molar-refractivity contribution in [2.75, 3.05) is 0 Å². The Balaban J connectivity index is 2.20. The van der Waals surface area contributed by atoms with Crippen LogP contribution in [0.5, 0.6) is 0 Å². The van der Waals surface area contributed by atoms with E-state index in [4.69, 9.17) is 0 Å². The predicted octanol–water partition coefficient (Wildman–Crippen LogP) is 5.93. The highest BCUT2D eigenvalue weighted by molar-refractivity contribution is 7.80. The lowest BCUT2D eigenvalue weighted by atomic mass is 9.93. The molecule has 0 atom stereocenters. The van der Waals surface area contributed by atoms with Gasteiger partial charge in [-0.25, -0.2) is 0 Å². The van der Waals surface area contributed by atoms with E-state index in [0.717, 1.165) is 4.90 Å². The molecule has 3 aromatic rings. The Labute approximate surface area is 131 Å². The summed E-state index contributed by atoms with van der Waals surface area (Å²) in [4.78, 5) is 1.01. The SMILES string of the molecule is Cc1ccc(-c2cccc(S)c2-c2ccc(C)cc2)cc1. The van der Waals surface area contributed by atoms with Crippen molar-refractivity contribution >= 4 is 12.6 Å². The average molecular weight is 290 g/mol. The van der Waals surface area contributed by atoms with Gasteiger partial charge in [0.15, 0.2) is 0 Å². The van der Waals surface area contributed by atoms with Crippen LogP contribution in [-0.4, -0.2) is 0 Å². The van der Waals surface area contributed by atoms with E-state index in [9.17, 15) is 0 Å². The number of hydrogen-bond donors (Lipinski definition) is 1. The van der Waals surface area contributed by atoms with Crippen LogP contribution in [0.2, 0.25) is 0 Å². The summed E-state index contributed by atoms with van der Waals surface area (Å²) in [6.45, 7) is 4.22. The lowest BCUT2D eigenvalue weighted by Crippen LogP contribution is -1.88. The Morgan fingerprint density at radius 2 is 1.14 bits per heavy atom. The monoisotopic (exact) mass is 290 g/mol. The molecule has 0 bridgehead atoms. The van der Waals surface area contributed by atoms with Crippen molar-refractivity contribution in [2.45, 2.75) is 18.7 Å². The highest BCUT2D eigenvalue weighted by Crippen LogP contribution is 2.36. The molecule has 1 heteroatoms. The van der Waals surface area contributed by atoms with Crippen LogP contribution in [0, 0.1) is 13.8 Å². The molecule has 0 heterocycles. The fraction of sp³-hybridized carbons (Fsp3) is 0.100. The van der Waals surface area contributed by atoms with E-state index in [1.54, 1.807) is 0 Å². The predicted molar refractivity (Wildman–Crippen MR) is 94.0 cm³/mol. The number of thiol groups is 1. The number of hydrogen-bond acceptors (Lipinski definition) is 1. The number of rotatable bonds is 2. The van der Waals surface area contributed by atoms with Gasteiger partial charge >= 0.3 is 0 Å². The molecule has 0 unspecified atom stereocenters. The zero-order valence-electron chi connectivity index (χ0n) is 12.3. The van der Waals surface area contributed by atoms with Crippen molar-refractivity contribution in [2.24, 2.45) is 0 Å². The molecule has 3 aromatic carbocycles. The van der Waals surface area contributed by atoms with E-state index < -0.39 is 0 Å². The van der Waals surface area contributed by atoms with Crippen LogP contribution in [-0.2, 0) is 0 Å². The molecule has 0 saturated heterocycles. The van der Waals surface area contributed by atoms with Crippen LogP contribution in [0.1, 0.15) is 11.1 Å². The largest absolute Gasteiger partial charge is 0.143 e. The first-order chi connectivity index (χ1) is 10.1. The van der Waals surface area contributed by atoms with Crippen LogP contribution in [0.3, 0.4) is 0 Å². The molecule has 0 amide bonds. The Morgan fingerprint density at radius 3 is 1.71 bits per heavy atom. The van der Waals surface area contributed by atoms with Gasteiger partial charge in [-0.2, -0.15) is 0 Å². The summed E-state index contributed by atoms with van der Waals surface area (Å²) >= 11 is 4.68. The van der Waals surface area contributed by atoms with Crippen LogP contribution in [0.25, 0.3) is 22.3 Å². The minimum absolute atomic E-state index is 1.01. The second-order valence-electron chi connectivity index (χ2n) is 5.43. The molecule has 0 aliphatic rings. The van der Waals surface area contributed by atoms with E-state index in [0.29, 0.717) is 0 Å². The molecular weight excluding hydrogens is 272 g/mol. The van der Waals surface area contributed by atoms with Crippen molar-refractivity contribution in [1.82, 2.24) is 0 Å². The van der Waals surface area contributed by atoms with E-state index in [2.05, 4.69) is 93.2 Å². The van der Waals surface area contributed by atoms with Crippen molar-refractivity contribution < 1.29 is 0 Å². The van der Waals surface area contributed by atoms with Gasteiger partial charge < -0.3 is 0 Å². The Morgan fingerprint density at radius 1 is 0.619 bits per heavy atom. The van der Waals surface area contributed by atoms with Gasteiger partial charge in [0, 0.05) is 10.5 Å². The molecule has 21 heavy (non-hydrogen) atoms. The first kappa shape index (κ1) is 14.0. The van der Waals surface area contributed by atoms with Gasteiger partial charge in [-0.3, -0.25) is 0 Å². The van der Waals surface area contributed by atoms with Crippen LogP contribution in [0.15, 0.2) is 71.6 Å². The summed E-state index contributed by atoms with van der Waals surface area (Å²) in [5.41, 5.74) is 7.41. The third-order valence-electron chi connectivity index (χ3n) is 3.75. The third-order valence-corrected chi connectivity index (χ3v) is 4.12. The van der Waals surface area contributed by atoms with E-state index in [1.807, 2.05) is 0 Å². The van der Waals surface area contributed by atoms with E-state index in [-0.39, 0.29) is 0 Å². The summed E-state index contributed by atoms with van der Waals surface area (Å²) in [6, 6.07) is 23.6. The molecule has 0 nitrogen and oxygen atoms in total. The Bertz CT molecular complexity index is 753. The van der Waals surface area contributed by atoms with Crippen molar-refractivity contribution in [3.63, 3.8) is 0 Å². The van der Waals surface area contributed by atoms with Crippen LogP contribution < -0.4 is 0 Å². The standard InChI is InChI=1S/C20H18S/c1-14-6-10-16(11-7-14)18-4-3-5-19(21)20(18)17-12-8-15(2)9-13-17/h3-13,21H,1-2H3. The third kappa shape index (κ3) is 2.88. The summed E-state index contributed by atoms with van der Waals surface area (Å²) in [5.74, 6) is 0. The van der Waals surface area contributed by atoms with Gasteiger partial charge in [-0.15, -0.1) is 12.6 Å². The maximum absolute atomic E-state index is 4.68. The van der Waals surface area contributed by atoms with Gasteiger partial charge in [-0.05, 0) is 36.6 Å². The molecule has 3 rings (SSSR count). The Kier molecular flexibility index (Phi) is 3.85. The Hall–Kier alpha value is -1.99. The van der Waals surface area contributed by atoms with Gasteiger partial charge in [0.05, 0.1) is 0 Å². The number of aryl methyl sites for hydroxylation is 2. The molecule has 0 N–H and O–H groups in total. The molecular formula is C20H18S. The van der Waals surface area contributed by atoms with Crippen molar-refractivity contribution in [3.8, 4) is 22.3 Å². The molecule has 0 aliphatic carbocycles. The second-order valence-corrected chi connectivity index (χ2v) is 5.91. The quantitative estimate of drug-likeness (QED) is 0.556. The van der Waals surface area contributed by atoms with Crippen LogP contribution in [0.4, 0.5) is 0 Å². The van der Waals surface area contributed by atoms with Gasteiger partial charge in [-0.1, -0.05) is 71.8 Å². The molecule has 0 aromatic heterocycles. The van der Waals surface area contributed by atoms with Gasteiger partial charge in [0.2, 0.25) is 0 Å². The summed E-state index contributed by atoms with van der Waals surface area (Å²) < 4.78 is 0. The minimum atomic E-state index is 1.01. The second kappa shape index (κ2) is 5.79. The van der Waals surface area contributed by atoms with Crippen molar-refractivity contribution in [1.29, 1.82) is 0 Å². The van der Waals surface area contributed by atoms with Gasteiger partial charge in [0.25, 0.3) is 0 Å². The normalized spacial score (nSPS) is 10.6. The highest BCUT2D eigenvalue weighted by atomic mass is 32.1. The van der Waals surface area contributed by atoms with Crippen LogP contribution >= 0.6 is 12.6 Å². The zero-order valence-corrected chi connectivity index (χ0v) is 13.2. The van der Waals surface area contributed by atoms with E-state index >= 15 is 0 Å². The number of benzene rings is 3. The zero-order chi connectivity index (χ0) is 14.8. The average Bonchev–Trinajstić information content (AvgIpc) is 2.49. The summed E-state index contributed by atoms with van der Waals surface area (Å²) in [6.07, 6.45) is 0. The maximum Gasteiger partial charge on any atom is 0.0125 e. The van der Waals surface area contributed by atoms with Gasteiger partial charge in [0.1, 0.15) is 0 Å². The molecule has 0 radical (unpaired) electrons. The molecule has 0 spiro atoms. The summed E-state index contributed by atoms with van der Waals surface area (Å²) in [7, 11) is 0. The smallest absolute Gasteiger partial charge is 0.0125 e. The summed E-state index contributed by atoms with van der Waals surface area (Å²) in [5, 5.41) is 0. The van der Waals surface area contributed by atoms with Crippen molar-refractivity contribution in [3.05, 3.63) is 77.9 Å². The lowest BCUT2D eigenvalue weighted by Gasteiger charge is -2.13. The lowest BCUT2D eigenvalue weighted by molar-refractivity contribution is 1.41. The molecule has 0 aliphatic heterocycles. The molecule has 0 saturated carbocycles. The highest BCUT2D eigenvalue weighted by Gasteiger charge is 2.10. The fourth-order valence-corrected chi connectivity index (χ4v) is 2.87. The topological polar surface area (TPSA) is 0 Å². The first-order valence-electron chi connectivity index (χ1n) is 7.11. The maximum atomic E-state index is 4.68.